The highest BCUT2D eigenvalue weighted by Gasteiger charge is 2.18. The van der Waals surface area contributed by atoms with E-state index in [4.69, 9.17) is 5.73 Å². The van der Waals surface area contributed by atoms with Gasteiger partial charge in [-0.2, -0.15) is 5.26 Å². The molecule has 3 rings (SSSR count). The van der Waals surface area contributed by atoms with Crippen LogP contribution in [0.3, 0.4) is 0 Å². The summed E-state index contributed by atoms with van der Waals surface area (Å²) in [5.41, 5.74) is 8.06. The molecule has 2 aromatic rings. The first-order valence-electron chi connectivity index (χ1n) is 6.72. The number of anilines is 2. The lowest BCUT2D eigenvalue weighted by molar-refractivity contribution is 0.787. The lowest BCUT2D eigenvalue weighted by Crippen LogP contribution is -2.23. The van der Waals surface area contributed by atoms with E-state index >= 15 is 0 Å². The summed E-state index contributed by atoms with van der Waals surface area (Å²) in [5, 5.41) is 15.8. The van der Waals surface area contributed by atoms with Gasteiger partial charge in [0.1, 0.15) is 23.9 Å². The SMILES string of the molecule is N#Cc1cc(N)c(-c2ccncn2)nc1NC1CCNC1. The maximum absolute atomic E-state index is 9.25. The zero-order valence-electron chi connectivity index (χ0n) is 11.4. The highest BCUT2D eigenvalue weighted by Crippen LogP contribution is 2.27. The molecule has 106 valence electrons. The largest absolute Gasteiger partial charge is 0.397 e. The van der Waals surface area contributed by atoms with Gasteiger partial charge in [0.05, 0.1) is 16.9 Å². The van der Waals surface area contributed by atoms with Gasteiger partial charge in [0.25, 0.3) is 0 Å². The van der Waals surface area contributed by atoms with Crippen molar-refractivity contribution in [2.75, 3.05) is 24.1 Å². The molecule has 21 heavy (non-hydrogen) atoms. The van der Waals surface area contributed by atoms with Gasteiger partial charge < -0.3 is 16.4 Å². The van der Waals surface area contributed by atoms with Crippen molar-refractivity contribution >= 4 is 11.5 Å². The number of nitrogens with zero attached hydrogens (tertiary/aromatic N) is 4. The van der Waals surface area contributed by atoms with E-state index in [1.54, 1.807) is 18.3 Å². The molecule has 4 N–H and O–H groups in total. The Hall–Kier alpha value is -2.72. The minimum atomic E-state index is 0.270. The standard InChI is InChI=1S/C14H15N7/c15-6-9-5-11(16)13(12-2-4-18-8-19-12)21-14(9)20-10-1-3-17-7-10/h2,4-5,8,10,17H,1,3,7,16H2,(H,20,21). The maximum atomic E-state index is 9.25. The minimum absolute atomic E-state index is 0.270. The molecule has 1 aliphatic heterocycles. The third-order valence-corrected chi connectivity index (χ3v) is 3.40. The van der Waals surface area contributed by atoms with E-state index in [1.807, 2.05) is 0 Å². The summed E-state index contributed by atoms with van der Waals surface area (Å²) in [7, 11) is 0. The van der Waals surface area contributed by atoms with Gasteiger partial charge in [-0.3, -0.25) is 0 Å². The molecule has 0 spiro atoms. The summed E-state index contributed by atoms with van der Waals surface area (Å²) in [4.78, 5) is 12.5. The van der Waals surface area contributed by atoms with Crippen molar-refractivity contribution in [2.24, 2.45) is 0 Å². The monoisotopic (exact) mass is 281 g/mol. The summed E-state index contributed by atoms with van der Waals surface area (Å²) in [6.45, 7) is 1.83. The van der Waals surface area contributed by atoms with E-state index in [9.17, 15) is 5.26 Å². The minimum Gasteiger partial charge on any atom is -0.397 e. The third-order valence-electron chi connectivity index (χ3n) is 3.40. The van der Waals surface area contributed by atoms with Crippen LogP contribution in [-0.2, 0) is 0 Å². The van der Waals surface area contributed by atoms with E-state index in [0.717, 1.165) is 19.5 Å². The number of nitrogens with one attached hydrogen (secondary N) is 2. The second kappa shape index (κ2) is 5.73. The van der Waals surface area contributed by atoms with Gasteiger partial charge in [-0.1, -0.05) is 0 Å². The fourth-order valence-electron chi connectivity index (χ4n) is 2.33. The third kappa shape index (κ3) is 2.75. The van der Waals surface area contributed by atoms with Crippen molar-refractivity contribution in [1.29, 1.82) is 5.26 Å². The molecule has 0 aromatic carbocycles. The summed E-state index contributed by atoms with van der Waals surface area (Å²) in [5.74, 6) is 0.550. The van der Waals surface area contributed by atoms with Crippen LogP contribution in [0, 0.1) is 11.3 Å². The van der Waals surface area contributed by atoms with Gasteiger partial charge in [-0.25, -0.2) is 15.0 Å². The molecular formula is C14H15N7. The Bertz CT molecular complexity index is 672. The van der Waals surface area contributed by atoms with Crippen LogP contribution in [0.2, 0.25) is 0 Å². The summed E-state index contributed by atoms with van der Waals surface area (Å²) in [6, 6.07) is 5.78. The van der Waals surface area contributed by atoms with Gasteiger partial charge in [-0.15, -0.1) is 0 Å². The van der Waals surface area contributed by atoms with Crippen LogP contribution in [-0.4, -0.2) is 34.1 Å². The molecule has 3 heterocycles. The molecule has 0 radical (unpaired) electrons. The van der Waals surface area contributed by atoms with Crippen LogP contribution in [0.25, 0.3) is 11.4 Å². The van der Waals surface area contributed by atoms with Gasteiger partial charge in [-0.05, 0) is 25.1 Å². The van der Waals surface area contributed by atoms with Crippen LogP contribution in [0.1, 0.15) is 12.0 Å². The number of aromatic nitrogens is 3. The molecule has 0 bridgehead atoms. The molecule has 2 aromatic heterocycles. The maximum Gasteiger partial charge on any atom is 0.145 e. The topological polar surface area (TPSA) is 113 Å². The first-order valence-corrected chi connectivity index (χ1v) is 6.72. The van der Waals surface area contributed by atoms with E-state index in [0.29, 0.717) is 28.5 Å². The van der Waals surface area contributed by atoms with Gasteiger partial charge >= 0.3 is 0 Å². The van der Waals surface area contributed by atoms with Crippen molar-refractivity contribution in [3.05, 3.63) is 30.2 Å². The predicted molar refractivity (Wildman–Crippen MR) is 79.3 cm³/mol. The predicted octanol–water partition coefficient (Wildman–Crippen LogP) is 0.766. The van der Waals surface area contributed by atoms with E-state index in [1.165, 1.54) is 6.33 Å². The second-order valence-electron chi connectivity index (χ2n) is 4.86. The Balaban J connectivity index is 2.00. The zero-order valence-corrected chi connectivity index (χ0v) is 11.4. The Morgan fingerprint density at radius 1 is 1.48 bits per heavy atom. The number of pyridine rings is 1. The lowest BCUT2D eigenvalue weighted by atomic mass is 10.1. The lowest BCUT2D eigenvalue weighted by Gasteiger charge is -2.15. The number of hydrogen-bond donors (Lipinski definition) is 3. The number of nitriles is 1. The highest BCUT2D eigenvalue weighted by atomic mass is 15.1. The Morgan fingerprint density at radius 3 is 3.05 bits per heavy atom. The molecule has 1 saturated heterocycles. The second-order valence-corrected chi connectivity index (χ2v) is 4.86. The molecule has 7 nitrogen and oxygen atoms in total. The normalized spacial score (nSPS) is 17.4. The molecule has 0 amide bonds. The fourth-order valence-corrected chi connectivity index (χ4v) is 2.33. The molecule has 1 fully saturated rings. The van der Waals surface area contributed by atoms with Crippen molar-refractivity contribution in [3.63, 3.8) is 0 Å². The van der Waals surface area contributed by atoms with Gasteiger partial charge in [0.15, 0.2) is 0 Å². The number of nitrogen functional groups attached to an aromatic ring is 1. The number of nitrogens with two attached hydrogens (primary N) is 1. The summed E-state index contributed by atoms with van der Waals surface area (Å²) >= 11 is 0. The van der Waals surface area contributed by atoms with Crippen LogP contribution in [0.4, 0.5) is 11.5 Å². The average molecular weight is 281 g/mol. The van der Waals surface area contributed by atoms with Crippen LogP contribution in [0.15, 0.2) is 24.7 Å². The Labute approximate surface area is 122 Å². The van der Waals surface area contributed by atoms with Crippen molar-refractivity contribution < 1.29 is 0 Å². The first kappa shape index (κ1) is 13.3. The van der Waals surface area contributed by atoms with Gasteiger partial charge in [0.2, 0.25) is 0 Å². The summed E-state index contributed by atoms with van der Waals surface area (Å²) in [6.07, 6.45) is 4.08. The quantitative estimate of drug-likeness (QED) is 0.761. The smallest absolute Gasteiger partial charge is 0.145 e. The van der Waals surface area contributed by atoms with Crippen LogP contribution < -0.4 is 16.4 Å². The number of rotatable bonds is 3. The molecule has 7 heteroatoms. The van der Waals surface area contributed by atoms with E-state index < -0.39 is 0 Å². The Morgan fingerprint density at radius 2 is 2.38 bits per heavy atom. The van der Waals surface area contributed by atoms with Crippen molar-refractivity contribution in [1.82, 2.24) is 20.3 Å². The molecule has 1 aliphatic rings. The fraction of sp³-hybridized carbons (Fsp3) is 0.286. The van der Waals surface area contributed by atoms with Crippen LogP contribution >= 0.6 is 0 Å². The summed E-state index contributed by atoms with van der Waals surface area (Å²) < 4.78 is 0. The number of hydrogen-bond acceptors (Lipinski definition) is 7. The molecular weight excluding hydrogens is 266 g/mol. The molecule has 0 aliphatic carbocycles. The van der Waals surface area contributed by atoms with Crippen molar-refractivity contribution in [3.8, 4) is 17.5 Å². The first-order chi connectivity index (χ1) is 10.3. The highest BCUT2D eigenvalue weighted by molar-refractivity contribution is 5.74. The van der Waals surface area contributed by atoms with E-state index in [-0.39, 0.29) is 6.04 Å². The zero-order chi connectivity index (χ0) is 14.7. The Kier molecular flexibility index (Phi) is 3.62. The van der Waals surface area contributed by atoms with Crippen LogP contribution in [0.5, 0.6) is 0 Å². The molecule has 1 atom stereocenters. The van der Waals surface area contributed by atoms with Gasteiger partial charge in [0, 0.05) is 18.8 Å². The molecule has 1 unspecified atom stereocenters. The van der Waals surface area contributed by atoms with Crippen molar-refractivity contribution in [2.45, 2.75) is 12.5 Å². The van der Waals surface area contributed by atoms with E-state index in [2.05, 4.69) is 31.7 Å². The average Bonchev–Trinajstić information content (AvgIpc) is 3.02. The molecule has 0 saturated carbocycles.